The molecule has 2 amide bonds. The van der Waals surface area contributed by atoms with Crippen molar-refractivity contribution in [2.24, 2.45) is 16.0 Å². The Morgan fingerprint density at radius 3 is 2.50 bits per heavy atom. The highest BCUT2D eigenvalue weighted by molar-refractivity contribution is 5.90. The lowest BCUT2D eigenvalue weighted by molar-refractivity contribution is 0.0596. The molecule has 0 aromatic heterocycles. The summed E-state index contributed by atoms with van der Waals surface area (Å²) >= 11 is 0. The molecule has 7 nitrogen and oxygen atoms in total. The molecule has 0 radical (unpaired) electrons. The molecule has 0 fully saturated rings. The second-order valence-corrected chi connectivity index (χ2v) is 4.45. The van der Waals surface area contributed by atoms with Crippen LogP contribution in [0.3, 0.4) is 0 Å². The van der Waals surface area contributed by atoms with Gasteiger partial charge in [-0.1, -0.05) is 22.8 Å². The molecule has 0 atom stereocenters. The Hall–Kier alpha value is -3.22. The van der Waals surface area contributed by atoms with Crippen LogP contribution in [0, 0.1) is 6.92 Å². The zero-order chi connectivity index (χ0) is 15.9. The van der Waals surface area contributed by atoms with Gasteiger partial charge in [-0.3, -0.25) is 0 Å². The summed E-state index contributed by atoms with van der Waals surface area (Å²) in [4.78, 5) is 27.3. The standard InChI is InChI=1S/C15H14N4O3/c1-10-3-2-4-11(9-10)14(20)22-19-13-7-5-12(6-8-13)17-18-15(16)21/h2-9,19H,1H3,(H2,16,21). The summed E-state index contributed by atoms with van der Waals surface area (Å²) in [5.74, 6) is -0.485. The number of nitrogens with zero attached hydrogens (tertiary/aromatic N) is 2. The quantitative estimate of drug-likeness (QED) is 0.666. The second kappa shape index (κ2) is 6.98. The Labute approximate surface area is 126 Å². The molecule has 2 aromatic rings. The number of anilines is 1. The van der Waals surface area contributed by atoms with E-state index >= 15 is 0 Å². The average molecular weight is 298 g/mol. The van der Waals surface area contributed by atoms with E-state index in [-0.39, 0.29) is 0 Å². The number of hydrogen-bond acceptors (Lipinski definition) is 5. The molecule has 0 bridgehead atoms. The number of carbonyl (C=O) groups is 2. The van der Waals surface area contributed by atoms with E-state index in [1.54, 1.807) is 42.5 Å². The highest BCUT2D eigenvalue weighted by atomic mass is 16.7. The SMILES string of the molecule is Cc1cccc(C(=O)ONc2ccc(N=NC(N)=O)cc2)c1. The van der Waals surface area contributed by atoms with Crippen molar-refractivity contribution in [1.29, 1.82) is 0 Å². The Morgan fingerprint density at radius 1 is 1.14 bits per heavy atom. The normalized spacial score (nSPS) is 10.4. The topological polar surface area (TPSA) is 106 Å². The molecular weight excluding hydrogens is 284 g/mol. The van der Waals surface area contributed by atoms with Gasteiger partial charge < -0.3 is 10.6 Å². The Balaban J connectivity index is 1.94. The van der Waals surface area contributed by atoms with E-state index in [9.17, 15) is 9.59 Å². The van der Waals surface area contributed by atoms with Crippen LogP contribution in [0.5, 0.6) is 0 Å². The minimum absolute atomic E-state index is 0.453. The molecule has 2 rings (SSSR count). The van der Waals surface area contributed by atoms with E-state index in [4.69, 9.17) is 10.6 Å². The average Bonchev–Trinajstić information content (AvgIpc) is 2.51. The lowest BCUT2D eigenvalue weighted by Gasteiger charge is -2.07. The number of urea groups is 1. The predicted octanol–water partition coefficient (Wildman–Crippen LogP) is 3.34. The van der Waals surface area contributed by atoms with Gasteiger partial charge in [0.2, 0.25) is 0 Å². The lowest BCUT2D eigenvalue weighted by atomic mass is 10.1. The van der Waals surface area contributed by atoms with Crippen molar-refractivity contribution in [1.82, 2.24) is 0 Å². The van der Waals surface area contributed by atoms with E-state index in [2.05, 4.69) is 15.7 Å². The van der Waals surface area contributed by atoms with Crippen LogP contribution in [0.4, 0.5) is 16.2 Å². The molecular formula is C15H14N4O3. The maximum Gasteiger partial charge on any atom is 0.362 e. The number of rotatable bonds is 4. The Bertz CT molecular complexity index is 711. The number of nitrogens with one attached hydrogen (secondary N) is 1. The molecule has 3 N–H and O–H groups in total. The van der Waals surface area contributed by atoms with Crippen LogP contribution in [0.15, 0.2) is 58.8 Å². The summed E-state index contributed by atoms with van der Waals surface area (Å²) in [7, 11) is 0. The number of azo groups is 1. The van der Waals surface area contributed by atoms with Crippen molar-refractivity contribution in [2.75, 3.05) is 5.48 Å². The molecule has 112 valence electrons. The van der Waals surface area contributed by atoms with Crippen LogP contribution in [-0.2, 0) is 4.84 Å². The number of carbonyl (C=O) groups excluding carboxylic acids is 2. The first-order chi connectivity index (χ1) is 10.5. The molecule has 0 unspecified atom stereocenters. The van der Waals surface area contributed by atoms with E-state index in [0.717, 1.165) is 5.56 Å². The summed E-state index contributed by atoms with van der Waals surface area (Å²) in [5.41, 5.74) is 9.83. The summed E-state index contributed by atoms with van der Waals surface area (Å²) in [6.45, 7) is 1.89. The molecule has 0 saturated carbocycles. The highest BCUT2D eigenvalue weighted by Gasteiger charge is 2.07. The van der Waals surface area contributed by atoms with Crippen molar-refractivity contribution in [3.05, 3.63) is 59.7 Å². The van der Waals surface area contributed by atoms with Crippen molar-refractivity contribution in [3.8, 4) is 0 Å². The van der Waals surface area contributed by atoms with Crippen LogP contribution in [0.25, 0.3) is 0 Å². The van der Waals surface area contributed by atoms with Crippen LogP contribution in [0.2, 0.25) is 0 Å². The molecule has 0 aliphatic rings. The smallest absolute Gasteiger partial charge is 0.348 e. The molecule has 0 spiro atoms. The third-order valence-electron chi connectivity index (χ3n) is 2.65. The van der Waals surface area contributed by atoms with E-state index in [0.29, 0.717) is 16.9 Å². The van der Waals surface area contributed by atoms with Crippen molar-refractivity contribution < 1.29 is 14.4 Å². The number of benzene rings is 2. The lowest BCUT2D eigenvalue weighted by Crippen LogP contribution is -2.10. The maximum atomic E-state index is 11.8. The molecule has 0 heterocycles. The fourth-order valence-electron chi connectivity index (χ4n) is 1.64. The van der Waals surface area contributed by atoms with Gasteiger partial charge in [0.1, 0.15) is 0 Å². The first kappa shape index (κ1) is 15.2. The fourth-order valence-corrected chi connectivity index (χ4v) is 1.64. The largest absolute Gasteiger partial charge is 0.362 e. The number of nitrogens with two attached hydrogens (primary N) is 1. The van der Waals surface area contributed by atoms with Gasteiger partial charge in [-0.25, -0.2) is 15.1 Å². The second-order valence-electron chi connectivity index (χ2n) is 4.45. The Kier molecular flexibility index (Phi) is 4.81. The summed E-state index contributed by atoms with van der Waals surface area (Å²) in [5, 5.41) is 6.82. The van der Waals surface area contributed by atoms with Crippen LogP contribution < -0.4 is 11.2 Å². The highest BCUT2D eigenvalue weighted by Crippen LogP contribution is 2.17. The number of amides is 2. The van der Waals surface area contributed by atoms with Gasteiger partial charge in [-0.05, 0) is 43.3 Å². The van der Waals surface area contributed by atoms with E-state index in [1.165, 1.54) is 0 Å². The molecule has 0 aliphatic heterocycles. The number of hydrogen-bond donors (Lipinski definition) is 2. The summed E-state index contributed by atoms with van der Waals surface area (Å²) < 4.78 is 0. The van der Waals surface area contributed by atoms with Gasteiger partial charge in [-0.2, -0.15) is 0 Å². The summed E-state index contributed by atoms with van der Waals surface area (Å²) in [6.07, 6.45) is 0. The fraction of sp³-hybridized carbons (Fsp3) is 0.0667. The maximum absolute atomic E-state index is 11.8. The van der Waals surface area contributed by atoms with Crippen molar-refractivity contribution >= 4 is 23.4 Å². The molecule has 22 heavy (non-hydrogen) atoms. The monoisotopic (exact) mass is 298 g/mol. The van der Waals surface area contributed by atoms with E-state index < -0.39 is 12.0 Å². The minimum atomic E-state index is -0.866. The third-order valence-corrected chi connectivity index (χ3v) is 2.65. The van der Waals surface area contributed by atoms with E-state index in [1.807, 2.05) is 13.0 Å². The molecule has 0 saturated heterocycles. The number of primary amides is 1. The molecule has 2 aromatic carbocycles. The predicted molar refractivity (Wildman–Crippen MR) is 80.8 cm³/mol. The van der Waals surface area contributed by atoms with Crippen molar-refractivity contribution in [2.45, 2.75) is 6.92 Å². The first-order valence-corrected chi connectivity index (χ1v) is 6.40. The van der Waals surface area contributed by atoms with Gasteiger partial charge in [0.15, 0.2) is 0 Å². The van der Waals surface area contributed by atoms with Crippen molar-refractivity contribution in [3.63, 3.8) is 0 Å². The van der Waals surface area contributed by atoms with Gasteiger partial charge >= 0.3 is 12.0 Å². The summed E-state index contributed by atoms with van der Waals surface area (Å²) in [6, 6.07) is 12.6. The van der Waals surface area contributed by atoms with Gasteiger partial charge in [0, 0.05) is 0 Å². The molecule has 0 aliphatic carbocycles. The number of aryl methyl sites for hydroxylation is 1. The Morgan fingerprint density at radius 2 is 1.86 bits per heavy atom. The van der Waals surface area contributed by atoms with Gasteiger partial charge in [0.25, 0.3) is 0 Å². The van der Waals surface area contributed by atoms with Gasteiger partial charge in [-0.15, -0.1) is 5.11 Å². The molecule has 7 heteroatoms. The first-order valence-electron chi connectivity index (χ1n) is 6.40. The zero-order valence-electron chi connectivity index (χ0n) is 11.8. The third kappa shape index (κ3) is 4.41. The van der Waals surface area contributed by atoms with Crippen LogP contribution in [0.1, 0.15) is 15.9 Å². The van der Waals surface area contributed by atoms with Crippen LogP contribution in [-0.4, -0.2) is 12.0 Å². The minimum Gasteiger partial charge on any atom is -0.348 e. The van der Waals surface area contributed by atoms with Crippen LogP contribution >= 0.6 is 0 Å². The van der Waals surface area contributed by atoms with Gasteiger partial charge in [0.05, 0.1) is 16.9 Å². The zero-order valence-corrected chi connectivity index (χ0v) is 11.8.